The molecule has 0 aliphatic carbocycles. The Morgan fingerprint density at radius 3 is 2.71 bits per heavy atom. The van der Waals surface area contributed by atoms with Gasteiger partial charge in [-0.2, -0.15) is 0 Å². The van der Waals surface area contributed by atoms with Crippen molar-refractivity contribution in [1.82, 2.24) is 4.98 Å². The van der Waals surface area contributed by atoms with Gasteiger partial charge in [0, 0.05) is 6.54 Å². The molecule has 1 rings (SSSR count). The number of pyridine rings is 1. The Morgan fingerprint density at radius 2 is 2.29 bits per heavy atom. The predicted octanol–water partition coefficient (Wildman–Crippen LogP) is 2.05. The number of hydrogen-bond donors (Lipinski definition) is 1. The van der Waals surface area contributed by atoms with E-state index in [1.54, 1.807) is 0 Å². The number of halogens is 3. The molecule has 0 bridgehead atoms. The van der Waals surface area contributed by atoms with Crippen molar-refractivity contribution in [3.63, 3.8) is 0 Å². The van der Waals surface area contributed by atoms with Gasteiger partial charge in [0.25, 0.3) is 6.43 Å². The third-order valence-corrected chi connectivity index (χ3v) is 2.55. The van der Waals surface area contributed by atoms with E-state index in [-0.39, 0.29) is 12.2 Å². The monoisotopic (exact) mass is 264 g/mol. The molecule has 1 heterocycles. The van der Waals surface area contributed by atoms with Crippen LogP contribution in [0.4, 0.5) is 8.78 Å². The van der Waals surface area contributed by atoms with Crippen LogP contribution in [0.3, 0.4) is 0 Å². The molecule has 0 atom stereocenters. The molecule has 0 aliphatic rings. The average Bonchev–Trinajstić information content (AvgIpc) is 2.17. The Labute approximate surface area is 87.4 Å². The van der Waals surface area contributed by atoms with E-state index in [9.17, 15) is 13.6 Å². The molecule has 0 saturated heterocycles. The third kappa shape index (κ3) is 2.13. The third-order valence-electron chi connectivity index (χ3n) is 1.63. The van der Waals surface area contributed by atoms with Crippen LogP contribution in [0.1, 0.15) is 28.2 Å². The molecule has 0 fully saturated rings. The summed E-state index contributed by atoms with van der Waals surface area (Å²) in [5, 5.41) is 0. The van der Waals surface area contributed by atoms with E-state index in [0.29, 0.717) is 16.3 Å². The molecular weight excluding hydrogens is 258 g/mol. The van der Waals surface area contributed by atoms with Gasteiger partial charge in [-0.1, -0.05) is 0 Å². The number of carbonyl (C=O) groups excluding carboxylic acids is 1. The Morgan fingerprint density at radius 1 is 1.64 bits per heavy atom. The van der Waals surface area contributed by atoms with Gasteiger partial charge in [0.2, 0.25) is 0 Å². The van der Waals surface area contributed by atoms with Crippen molar-refractivity contribution in [2.24, 2.45) is 5.73 Å². The summed E-state index contributed by atoms with van der Waals surface area (Å²) in [5.41, 5.74) is 5.28. The van der Waals surface area contributed by atoms with Crippen LogP contribution >= 0.6 is 15.9 Å². The van der Waals surface area contributed by atoms with Crippen molar-refractivity contribution in [3.05, 3.63) is 27.5 Å². The average molecular weight is 265 g/mol. The minimum atomic E-state index is -2.70. The van der Waals surface area contributed by atoms with E-state index in [2.05, 4.69) is 20.9 Å². The summed E-state index contributed by atoms with van der Waals surface area (Å²) in [4.78, 5) is 14.0. The van der Waals surface area contributed by atoms with E-state index in [0.717, 1.165) is 0 Å². The van der Waals surface area contributed by atoms with Crippen molar-refractivity contribution in [1.29, 1.82) is 0 Å². The zero-order valence-corrected chi connectivity index (χ0v) is 8.59. The van der Waals surface area contributed by atoms with Crippen LogP contribution < -0.4 is 5.73 Å². The SMILES string of the molecule is NCc1cc(C(F)F)nc(C=O)c1Br. The van der Waals surface area contributed by atoms with Gasteiger partial charge in [0.1, 0.15) is 11.4 Å². The van der Waals surface area contributed by atoms with Gasteiger partial charge in [0.15, 0.2) is 6.29 Å². The summed E-state index contributed by atoms with van der Waals surface area (Å²) in [6.07, 6.45) is -2.29. The van der Waals surface area contributed by atoms with Gasteiger partial charge in [-0.3, -0.25) is 4.79 Å². The minimum Gasteiger partial charge on any atom is -0.326 e. The van der Waals surface area contributed by atoms with Gasteiger partial charge in [-0.25, -0.2) is 13.8 Å². The molecule has 0 radical (unpaired) electrons. The number of rotatable bonds is 3. The highest BCUT2D eigenvalue weighted by atomic mass is 79.9. The molecule has 76 valence electrons. The smallest absolute Gasteiger partial charge is 0.280 e. The maximum Gasteiger partial charge on any atom is 0.280 e. The molecule has 0 amide bonds. The van der Waals surface area contributed by atoms with E-state index in [4.69, 9.17) is 5.73 Å². The molecule has 1 aromatic heterocycles. The Balaban J connectivity index is 3.31. The normalized spacial score (nSPS) is 10.6. The van der Waals surface area contributed by atoms with Crippen molar-refractivity contribution in [2.45, 2.75) is 13.0 Å². The minimum absolute atomic E-state index is 0.0525. The molecule has 14 heavy (non-hydrogen) atoms. The largest absolute Gasteiger partial charge is 0.326 e. The lowest BCUT2D eigenvalue weighted by Gasteiger charge is -2.06. The zero-order chi connectivity index (χ0) is 10.7. The van der Waals surface area contributed by atoms with Crippen LogP contribution in [0.15, 0.2) is 10.5 Å². The second kappa shape index (κ2) is 4.56. The van der Waals surface area contributed by atoms with Crippen LogP contribution in [-0.4, -0.2) is 11.3 Å². The van der Waals surface area contributed by atoms with E-state index < -0.39 is 12.1 Å². The Hall–Kier alpha value is -0.880. The highest BCUT2D eigenvalue weighted by Crippen LogP contribution is 2.24. The number of aromatic nitrogens is 1. The second-order valence-electron chi connectivity index (χ2n) is 2.53. The number of nitrogens with zero attached hydrogens (tertiary/aromatic N) is 1. The highest BCUT2D eigenvalue weighted by Gasteiger charge is 2.14. The zero-order valence-electron chi connectivity index (χ0n) is 7.01. The van der Waals surface area contributed by atoms with Crippen molar-refractivity contribution in [2.75, 3.05) is 0 Å². The molecule has 1 aromatic rings. The quantitative estimate of drug-likeness (QED) is 0.851. The standard InChI is InChI=1S/C8H7BrF2N2O/c9-7-4(2-12)1-5(8(10)11)13-6(7)3-14/h1,3,8H,2,12H2. The number of nitrogens with two attached hydrogens (primary N) is 1. The number of hydrogen-bond acceptors (Lipinski definition) is 3. The first-order chi connectivity index (χ1) is 6.60. The molecular formula is C8H7BrF2N2O. The molecule has 3 nitrogen and oxygen atoms in total. The number of alkyl halides is 2. The Kier molecular flexibility index (Phi) is 3.65. The van der Waals surface area contributed by atoms with Crippen molar-refractivity contribution >= 4 is 22.2 Å². The lowest BCUT2D eigenvalue weighted by Crippen LogP contribution is -2.05. The summed E-state index contributed by atoms with van der Waals surface area (Å²) in [6.45, 7) is 0.0731. The van der Waals surface area contributed by atoms with Crippen LogP contribution in [0.25, 0.3) is 0 Å². The molecule has 0 unspecified atom stereocenters. The summed E-state index contributed by atoms with van der Waals surface area (Å²) in [7, 11) is 0. The van der Waals surface area contributed by atoms with Crippen LogP contribution in [0.5, 0.6) is 0 Å². The van der Waals surface area contributed by atoms with Crippen LogP contribution in [-0.2, 0) is 6.54 Å². The van der Waals surface area contributed by atoms with Gasteiger partial charge in [-0.15, -0.1) is 0 Å². The fourth-order valence-electron chi connectivity index (χ4n) is 0.965. The fourth-order valence-corrected chi connectivity index (χ4v) is 1.42. The second-order valence-corrected chi connectivity index (χ2v) is 3.32. The van der Waals surface area contributed by atoms with E-state index >= 15 is 0 Å². The maximum absolute atomic E-state index is 12.3. The topological polar surface area (TPSA) is 56.0 Å². The summed E-state index contributed by atoms with van der Waals surface area (Å²) >= 11 is 3.07. The summed E-state index contributed by atoms with van der Waals surface area (Å²) in [6, 6.07) is 1.18. The van der Waals surface area contributed by atoms with Crippen LogP contribution in [0, 0.1) is 0 Å². The first-order valence-electron chi connectivity index (χ1n) is 3.72. The molecule has 6 heteroatoms. The van der Waals surface area contributed by atoms with Gasteiger partial charge < -0.3 is 5.73 Å². The van der Waals surface area contributed by atoms with E-state index in [1.165, 1.54) is 6.07 Å². The lowest BCUT2D eigenvalue weighted by molar-refractivity contribution is 0.111. The predicted molar refractivity (Wildman–Crippen MR) is 50.2 cm³/mol. The molecule has 0 saturated carbocycles. The molecule has 0 spiro atoms. The highest BCUT2D eigenvalue weighted by molar-refractivity contribution is 9.10. The first kappa shape index (κ1) is 11.2. The number of aldehydes is 1. The molecule has 0 aromatic carbocycles. The summed E-state index contributed by atoms with van der Waals surface area (Å²) < 4.78 is 25.0. The molecule has 0 aliphatic heterocycles. The first-order valence-corrected chi connectivity index (χ1v) is 4.52. The van der Waals surface area contributed by atoms with Gasteiger partial charge >= 0.3 is 0 Å². The lowest BCUT2D eigenvalue weighted by atomic mass is 10.2. The molecule has 2 N–H and O–H groups in total. The maximum atomic E-state index is 12.3. The van der Waals surface area contributed by atoms with Crippen LogP contribution in [0.2, 0.25) is 0 Å². The van der Waals surface area contributed by atoms with E-state index in [1.807, 2.05) is 0 Å². The van der Waals surface area contributed by atoms with Crippen molar-refractivity contribution < 1.29 is 13.6 Å². The summed E-state index contributed by atoms with van der Waals surface area (Å²) in [5.74, 6) is 0. The Bertz CT molecular complexity index is 357. The van der Waals surface area contributed by atoms with Gasteiger partial charge in [0.05, 0.1) is 4.47 Å². The van der Waals surface area contributed by atoms with Gasteiger partial charge in [-0.05, 0) is 27.6 Å². The number of carbonyl (C=O) groups is 1. The van der Waals surface area contributed by atoms with Crippen molar-refractivity contribution in [3.8, 4) is 0 Å². The fraction of sp³-hybridized carbons (Fsp3) is 0.250.